The van der Waals surface area contributed by atoms with E-state index in [2.05, 4.69) is 25.7 Å². The topological polar surface area (TPSA) is 94.0 Å². The summed E-state index contributed by atoms with van der Waals surface area (Å²) in [5.74, 6) is -0.277. The van der Waals surface area contributed by atoms with Crippen LogP contribution in [0.25, 0.3) is 11.3 Å². The number of pyridine rings is 2. The average molecular weight is 378 g/mol. The van der Waals surface area contributed by atoms with Gasteiger partial charge in [0.1, 0.15) is 17.5 Å². The third-order valence-electron chi connectivity index (χ3n) is 4.61. The molecule has 1 fully saturated rings. The molecule has 0 aromatic carbocycles. The number of anilines is 1. The van der Waals surface area contributed by atoms with Gasteiger partial charge in [0.25, 0.3) is 5.91 Å². The molecule has 3 aromatic rings. The SMILES string of the molecule is Cc1ccc(-c2cccnc2)nc1C(=O)Nc1cn(C)nc1C1CNCCO1. The van der Waals surface area contributed by atoms with Crippen LogP contribution in [0, 0.1) is 6.92 Å². The minimum absolute atomic E-state index is 0.193. The minimum atomic E-state index is -0.277. The molecule has 1 atom stereocenters. The van der Waals surface area contributed by atoms with Crippen molar-refractivity contribution in [3.8, 4) is 11.3 Å². The Balaban J connectivity index is 1.61. The van der Waals surface area contributed by atoms with Crippen molar-refractivity contribution in [1.82, 2.24) is 25.1 Å². The van der Waals surface area contributed by atoms with Crippen molar-refractivity contribution in [2.24, 2.45) is 7.05 Å². The third kappa shape index (κ3) is 3.78. The first-order valence-corrected chi connectivity index (χ1v) is 9.17. The summed E-state index contributed by atoms with van der Waals surface area (Å²) < 4.78 is 7.47. The number of hydrogen-bond acceptors (Lipinski definition) is 6. The molecule has 144 valence electrons. The largest absolute Gasteiger partial charge is 0.369 e. The number of carbonyl (C=O) groups excluding carboxylic acids is 1. The van der Waals surface area contributed by atoms with Crippen LogP contribution in [0.4, 0.5) is 5.69 Å². The first kappa shape index (κ1) is 18.3. The lowest BCUT2D eigenvalue weighted by Gasteiger charge is -2.23. The third-order valence-corrected chi connectivity index (χ3v) is 4.61. The van der Waals surface area contributed by atoms with E-state index in [0.29, 0.717) is 35.9 Å². The summed E-state index contributed by atoms with van der Waals surface area (Å²) in [4.78, 5) is 21.7. The molecule has 0 bridgehead atoms. The summed E-state index contributed by atoms with van der Waals surface area (Å²) in [6, 6.07) is 7.54. The van der Waals surface area contributed by atoms with Gasteiger partial charge in [0, 0.05) is 44.3 Å². The van der Waals surface area contributed by atoms with E-state index in [1.54, 1.807) is 23.3 Å². The van der Waals surface area contributed by atoms with Gasteiger partial charge in [0.15, 0.2) is 0 Å². The molecule has 0 aliphatic carbocycles. The van der Waals surface area contributed by atoms with Gasteiger partial charge in [0.05, 0.1) is 18.0 Å². The first-order chi connectivity index (χ1) is 13.6. The standard InChI is InChI=1S/C20H22N6O2/c1-13-5-6-15(14-4-3-7-21-10-14)23-18(13)20(27)24-16-12-26(2)25-19(16)17-11-22-8-9-28-17/h3-7,10,12,17,22H,8-9,11H2,1-2H3,(H,24,27). The molecular formula is C20H22N6O2. The number of nitrogens with one attached hydrogen (secondary N) is 2. The Morgan fingerprint density at radius 1 is 1.36 bits per heavy atom. The highest BCUT2D eigenvalue weighted by molar-refractivity contribution is 6.04. The van der Waals surface area contributed by atoms with Crippen LogP contribution in [0.1, 0.15) is 27.8 Å². The Bertz CT molecular complexity index is 980. The van der Waals surface area contributed by atoms with Crippen molar-refractivity contribution in [2.45, 2.75) is 13.0 Å². The van der Waals surface area contributed by atoms with E-state index in [4.69, 9.17) is 4.74 Å². The van der Waals surface area contributed by atoms with Crippen molar-refractivity contribution in [2.75, 3.05) is 25.0 Å². The molecule has 4 rings (SSSR count). The number of hydrogen-bond donors (Lipinski definition) is 2. The molecule has 0 spiro atoms. The number of rotatable bonds is 4. The molecule has 2 N–H and O–H groups in total. The van der Waals surface area contributed by atoms with Crippen LogP contribution in [0.3, 0.4) is 0 Å². The maximum atomic E-state index is 13.0. The van der Waals surface area contributed by atoms with Gasteiger partial charge >= 0.3 is 0 Å². The fourth-order valence-corrected chi connectivity index (χ4v) is 3.20. The quantitative estimate of drug-likeness (QED) is 0.722. The molecule has 1 saturated heterocycles. The highest BCUT2D eigenvalue weighted by atomic mass is 16.5. The Morgan fingerprint density at radius 3 is 3.00 bits per heavy atom. The summed E-state index contributed by atoms with van der Waals surface area (Å²) in [6.07, 6.45) is 5.02. The lowest BCUT2D eigenvalue weighted by Crippen LogP contribution is -2.34. The van der Waals surface area contributed by atoms with Gasteiger partial charge < -0.3 is 15.4 Å². The lowest BCUT2D eigenvalue weighted by atomic mass is 10.1. The average Bonchev–Trinajstić information content (AvgIpc) is 3.09. The van der Waals surface area contributed by atoms with Gasteiger partial charge in [-0.25, -0.2) is 4.98 Å². The number of nitrogens with zero attached hydrogens (tertiary/aromatic N) is 4. The van der Waals surface area contributed by atoms with Crippen LogP contribution < -0.4 is 10.6 Å². The van der Waals surface area contributed by atoms with Gasteiger partial charge in [-0.05, 0) is 30.7 Å². The zero-order chi connectivity index (χ0) is 19.5. The van der Waals surface area contributed by atoms with E-state index < -0.39 is 0 Å². The van der Waals surface area contributed by atoms with Crippen LogP contribution in [-0.2, 0) is 11.8 Å². The second kappa shape index (κ2) is 7.87. The monoisotopic (exact) mass is 378 g/mol. The molecule has 1 aliphatic rings. The minimum Gasteiger partial charge on any atom is -0.369 e. The molecule has 0 saturated carbocycles. The van der Waals surface area contributed by atoms with Crippen LogP contribution in [0.5, 0.6) is 0 Å². The first-order valence-electron chi connectivity index (χ1n) is 9.17. The zero-order valence-corrected chi connectivity index (χ0v) is 15.8. The smallest absolute Gasteiger partial charge is 0.274 e. The fraction of sp³-hybridized carbons (Fsp3) is 0.300. The maximum Gasteiger partial charge on any atom is 0.274 e. The molecule has 0 radical (unpaired) electrons. The van der Waals surface area contributed by atoms with Gasteiger partial charge in [-0.3, -0.25) is 14.5 Å². The molecule has 28 heavy (non-hydrogen) atoms. The molecule has 1 aliphatic heterocycles. The summed E-state index contributed by atoms with van der Waals surface area (Å²) in [7, 11) is 1.82. The van der Waals surface area contributed by atoms with Gasteiger partial charge in [-0.2, -0.15) is 5.10 Å². The van der Waals surface area contributed by atoms with E-state index in [1.807, 2.05) is 38.2 Å². The number of aryl methyl sites for hydroxylation is 2. The molecule has 3 aromatic heterocycles. The molecule has 8 nitrogen and oxygen atoms in total. The zero-order valence-electron chi connectivity index (χ0n) is 15.8. The van der Waals surface area contributed by atoms with E-state index in [-0.39, 0.29) is 12.0 Å². The predicted molar refractivity (Wildman–Crippen MR) is 105 cm³/mol. The van der Waals surface area contributed by atoms with Crippen LogP contribution in [-0.4, -0.2) is 45.4 Å². The Kier molecular flexibility index (Phi) is 5.14. The molecule has 8 heteroatoms. The predicted octanol–water partition coefficient (Wildman–Crippen LogP) is 2.10. The Labute approximate surface area is 163 Å². The van der Waals surface area contributed by atoms with E-state index >= 15 is 0 Å². The van der Waals surface area contributed by atoms with Gasteiger partial charge in [-0.1, -0.05) is 6.07 Å². The summed E-state index contributed by atoms with van der Waals surface area (Å²) in [6.45, 7) is 3.96. The van der Waals surface area contributed by atoms with Crippen molar-refractivity contribution in [3.05, 3.63) is 59.8 Å². The Morgan fingerprint density at radius 2 is 2.25 bits per heavy atom. The number of morpholine rings is 1. The van der Waals surface area contributed by atoms with E-state index in [0.717, 1.165) is 17.7 Å². The number of amides is 1. The normalized spacial score (nSPS) is 16.7. The van der Waals surface area contributed by atoms with E-state index in [9.17, 15) is 4.79 Å². The molecule has 1 amide bonds. The van der Waals surface area contributed by atoms with Crippen molar-refractivity contribution < 1.29 is 9.53 Å². The highest BCUT2D eigenvalue weighted by Crippen LogP contribution is 2.26. The van der Waals surface area contributed by atoms with E-state index in [1.165, 1.54) is 0 Å². The van der Waals surface area contributed by atoms with Gasteiger partial charge in [0.2, 0.25) is 0 Å². The van der Waals surface area contributed by atoms with Crippen LogP contribution in [0.2, 0.25) is 0 Å². The lowest BCUT2D eigenvalue weighted by molar-refractivity contribution is 0.0251. The van der Waals surface area contributed by atoms with Crippen molar-refractivity contribution in [3.63, 3.8) is 0 Å². The van der Waals surface area contributed by atoms with Crippen molar-refractivity contribution in [1.29, 1.82) is 0 Å². The summed E-state index contributed by atoms with van der Waals surface area (Å²) in [5, 5.41) is 10.7. The Hall–Kier alpha value is -3.10. The highest BCUT2D eigenvalue weighted by Gasteiger charge is 2.24. The molecular weight excluding hydrogens is 356 g/mol. The van der Waals surface area contributed by atoms with Crippen molar-refractivity contribution >= 4 is 11.6 Å². The molecule has 1 unspecified atom stereocenters. The summed E-state index contributed by atoms with van der Waals surface area (Å²) >= 11 is 0. The summed E-state index contributed by atoms with van der Waals surface area (Å²) in [5.41, 5.74) is 4.08. The fourth-order valence-electron chi connectivity index (χ4n) is 3.20. The number of carbonyl (C=O) groups is 1. The number of ether oxygens (including phenoxy) is 1. The van der Waals surface area contributed by atoms with Crippen LogP contribution >= 0.6 is 0 Å². The maximum absolute atomic E-state index is 13.0. The van der Waals surface area contributed by atoms with Crippen LogP contribution in [0.15, 0.2) is 42.9 Å². The molecule has 4 heterocycles. The van der Waals surface area contributed by atoms with Gasteiger partial charge in [-0.15, -0.1) is 0 Å². The second-order valence-electron chi connectivity index (χ2n) is 6.72. The number of aromatic nitrogens is 4. The second-order valence-corrected chi connectivity index (χ2v) is 6.72.